The number of benzene rings is 1. The van der Waals surface area contributed by atoms with Crippen molar-refractivity contribution in [3.05, 3.63) is 67.7 Å². The monoisotopic (exact) mass is 384 g/mol. The smallest absolute Gasteiger partial charge is 0.339 e. The average Bonchev–Trinajstić information content (AvgIpc) is 3.08. The zero-order valence-corrected chi connectivity index (χ0v) is 15.8. The van der Waals surface area contributed by atoms with Gasteiger partial charge in [0.2, 0.25) is 0 Å². The van der Waals surface area contributed by atoms with Crippen molar-refractivity contribution in [2.75, 3.05) is 6.61 Å². The lowest BCUT2D eigenvalue weighted by Crippen LogP contribution is -2.39. The molecule has 1 aliphatic rings. The fourth-order valence-electron chi connectivity index (χ4n) is 3.28. The molecule has 0 unspecified atom stereocenters. The third kappa shape index (κ3) is 3.23. The summed E-state index contributed by atoms with van der Waals surface area (Å²) in [5, 5.41) is 1.87. The molecule has 140 valence electrons. The van der Waals surface area contributed by atoms with Crippen LogP contribution in [0, 0.1) is 5.92 Å². The lowest BCUT2D eigenvalue weighted by molar-refractivity contribution is 0.0374. The highest BCUT2D eigenvalue weighted by molar-refractivity contribution is 7.17. The molecule has 0 radical (unpaired) electrons. The minimum atomic E-state index is -0.491. The lowest BCUT2D eigenvalue weighted by Gasteiger charge is -2.24. The summed E-state index contributed by atoms with van der Waals surface area (Å²) in [6.45, 7) is 0.550. The molecule has 6 nitrogen and oxygen atoms in total. The number of thiophene rings is 1. The van der Waals surface area contributed by atoms with E-state index in [0.717, 1.165) is 18.4 Å². The molecule has 0 N–H and O–H groups in total. The summed E-state index contributed by atoms with van der Waals surface area (Å²) in [5.74, 6) is -0.0619. The van der Waals surface area contributed by atoms with E-state index in [1.807, 2.05) is 30.3 Å². The van der Waals surface area contributed by atoms with Crippen LogP contribution in [-0.4, -0.2) is 21.7 Å². The Hall–Kier alpha value is -2.67. The van der Waals surface area contributed by atoms with Crippen molar-refractivity contribution in [2.24, 2.45) is 13.0 Å². The molecule has 1 saturated carbocycles. The fourth-order valence-corrected chi connectivity index (χ4v) is 4.27. The second kappa shape index (κ2) is 7.15. The first-order valence-electron chi connectivity index (χ1n) is 8.98. The van der Waals surface area contributed by atoms with E-state index in [4.69, 9.17) is 4.74 Å². The zero-order valence-electron chi connectivity index (χ0n) is 15.0. The summed E-state index contributed by atoms with van der Waals surface area (Å²) < 4.78 is 8.01. The molecule has 27 heavy (non-hydrogen) atoms. The molecule has 0 bridgehead atoms. The van der Waals surface area contributed by atoms with E-state index in [-0.39, 0.29) is 17.5 Å². The van der Waals surface area contributed by atoms with E-state index < -0.39 is 17.2 Å². The Labute approximate surface area is 159 Å². The Morgan fingerprint density at radius 3 is 2.63 bits per heavy atom. The van der Waals surface area contributed by atoms with Crippen molar-refractivity contribution in [1.29, 1.82) is 0 Å². The zero-order chi connectivity index (χ0) is 19.0. The molecular formula is C20H20N2O4S. The van der Waals surface area contributed by atoms with Crippen LogP contribution in [0.5, 0.6) is 0 Å². The molecule has 4 rings (SSSR count). The minimum Gasteiger partial charge on any atom is -0.462 e. The van der Waals surface area contributed by atoms with Gasteiger partial charge in [0.1, 0.15) is 4.83 Å². The summed E-state index contributed by atoms with van der Waals surface area (Å²) in [5.41, 5.74) is 0.249. The lowest BCUT2D eigenvalue weighted by atomic mass is 9.86. The molecule has 0 atom stereocenters. The van der Waals surface area contributed by atoms with Crippen LogP contribution in [0.4, 0.5) is 0 Å². The van der Waals surface area contributed by atoms with Gasteiger partial charge < -0.3 is 4.74 Å². The summed E-state index contributed by atoms with van der Waals surface area (Å²) in [6, 6.07) is 9.31. The number of hydrogen-bond acceptors (Lipinski definition) is 5. The van der Waals surface area contributed by atoms with Gasteiger partial charge in [-0.05, 0) is 24.3 Å². The van der Waals surface area contributed by atoms with E-state index >= 15 is 0 Å². The van der Waals surface area contributed by atoms with Crippen molar-refractivity contribution in [1.82, 2.24) is 9.13 Å². The predicted octanol–water partition coefficient (Wildman–Crippen LogP) is 2.77. The third-order valence-electron chi connectivity index (χ3n) is 5.13. The maximum Gasteiger partial charge on any atom is 0.339 e. The molecule has 0 aliphatic heterocycles. The second-order valence-corrected chi connectivity index (χ2v) is 7.80. The summed E-state index contributed by atoms with van der Waals surface area (Å²) >= 11 is 1.22. The molecule has 1 fully saturated rings. The number of aromatic nitrogens is 2. The number of carbonyl (C=O) groups excluding carboxylic acids is 1. The number of hydrogen-bond donors (Lipinski definition) is 0. The van der Waals surface area contributed by atoms with Crippen molar-refractivity contribution in [3.63, 3.8) is 0 Å². The maximum absolute atomic E-state index is 13.0. The predicted molar refractivity (Wildman–Crippen MR) is 104 cm³/mol. The van der Waals surface area contributed by atoms with Crippen LogP contribution in [0.2, 0.25) is 0 Å². The number of fused-ring (bicyclic) bond motifs is 1. The molecule has 0 saturated heterocycles. The van der Waals surface area contributed by atoms with Gasteiger partial charge in [-0.15, -0.1) is 11.3 Å². The van der Waals surface area contributed by atoms with Crippen molar-refractivity contribution < 1.29 is 9.53 Å². The van der Waals surface area contributed by atoms with Gasteiger partial charge in [-0.1, -0.05) is 36.8 Å². The summed E-state index contributed by atoms with van der Waals surface area (Å²) in [6.07, 6.45) is 3.34. The van der Waals surface area contributed by atoms with Gasteiger partial charge in [0.25, 0.3) is 5.56 Å². The number of esters is 1. The standard InChI is InChI=1S/C20H20N2O4S/c1-21-18-16(15(12-27-18)19(24)26-11-14-8-5-9-14)17(23)22(20(21)25)10-13-6-3-2-4-7-13/h2-4,6-7,12,14H,5,8-11H2,1H3. The topological polar surface area (TPSA) is 70.3 Å². The van der Waals surface area contributed by atoms with Crippen LogP contribution < -0.4 is 11.2 Å². The van der Waals surface area contributed by atoms with E-state index in [1.54, 1.807) is 12.4 Å². The Kier molecular flexibility index (Phi) is 4.70. The average molecular weight is 384 g/mol. The molecule has 1 aliphatic carbocycles. The molecule has 1 aromatic carbocycles. The van der Waals surface area contributed by atoms with Crippen molar-refractivity contribution in [3.8, 4) is 0 Å². The van der Waals surface area contributed by atoms with Gasteiger partial charge in [-0.3, -0.25) is 13.9 Å². The highest BCUT2D eigenvalue weighted by atomic mass is 32.1. The second-order valence-electron chi connectivity index (χ2n) is 6.94. The SMILES string of the molecule is Cn1c(=O)n(Cc2ccccc2)c(=O)c2c(C(=O)OCC3CCC3)csc21. The minimum absolute atomic E-state index is 0.161. The van der Waals surface area contributed by atoms with E-state index in [1.165, 1.54) is 26.9 Å². The summed E-state index contributed by atoms with van der Waals surface area (Å²) in [4.78, 5) is 38.7. The van der Waals surface area contributed by atoms with Crippen molar-refractivity contribution in [2.45, 2.75) is 25.8 Å². The van der Waals surface area contributed by atoms with Crippen LogP contribution >= 0.6 is 11.3 Å². The Balaban J connectivity index is 1.75. The van der Waals surface area contributed by atoms with Gasteiger partial charge in [0, 0.05) is 12.4 Å². The van der Waals surface area contributed by atoms with E-state index in [2.05, 4.69) is 0 Å². The molecule has 0 spiro atoms. The van der Waals surface area contributed by atoms with Crippen LogP contribution in [0.25, 0.3) is 10.2 Å². The number of nitrogens with zero attached hydrogens (tertiary/aromatic N) is 2. The normalized spacial score (nSPS) is 14.3. The van der Waals surface area contributed by atoms with Gasteiger partial charge >= 0.3 is 11.7 Å². The van der Waals surface area contributed by atoms with Crippen molar-refractivity contribution >= 4 is 27.5 Å². The van der Waals surface area contributed by atoms with Crippen LogP contribution in [0.3, 0.4) is 0 Å². The number of rotatable bonds is 5. The Morgan fingerprint density at radius 1 is 1.22 bits per heavy atom. The molecule has 3 aromatic rings. The van der Waals surface area contributed by atoms with Gasteiger partial charge in [0.05, 0.1) is 24.1 Å². The Bertz CT molecular complexity index is 1110. The fraction of sp³-hybridized carbons (Fsp3) is 0.350. The Morgan fingerprint density at radius 2 is 1.96 bits per heavy atom. The molecule has 7 heteroatoms. The van der Waals surface area contributed by atoms with E-state index in [9.17, 15) is 14.4 Å². The first kappa shape index (κ1) is 17.7. The largest absolute Gasteiger partial charge is 0.462 e. The van der Waals surface area contributed by atoms with Gasteiger partial charge in [-0.25, -0.2) is 9.59 Å². The molecule has 2 aromatic heterocycles. The third-order valence-corrected chi connectivity index (χ3v) is 6.19. The number of carbonyl (C=O) groups is 1. The first-order valence-corrected chi connectivity index (χ1v) is 9.86. The maximum atomic E-state index is 13.0. The molecule has 2 heterocycles. The quantitative estimate of drug-likeness (QED) is 0.634. The number of ether oxygens (including phenoxy) is 1. The van der Waals surface area contributed by atoms with Crippen LogP contribution in [0.1, 0.15) is 35.2 Å². The highest BCUT2D eigenvalue weighted by Gasteiger charge is 2.24. The van der Waals surface area contributed by atoms with E-state index in [0.29, 0.717) is 17.4 Å². The highest BCUT2D eigenvalue weighted by Crippen LogP contribution is 2.27. The molecular weight excluding hydrogens is 364 g/mol. The van der Waals surface area contributed by atoms with Gasteiger partial charge in [0.15, 0.2) is 0 Å². The number of aryl methyl sites for hydroxylation is 1. The molecule has 0 amide bonds. The van der Waals surface area contributed by atoms with Crippen LogP contribution in [-0.2, 0) is 18.3 Å². The van der Waals surface area contributed by atoms with Gasteiger partial charge in [-0.2, -0.15) is 0 Å². The van der Waals surface area contributed by atoms with Crippen LogP contribution in [0.15, 0.2) is 45.3 Å². The first-order chi connectivity index (χ1) is 13.1. The summed E-state index contributed by atoms with van der Waals surface area (Å²) in [7, 11) is 1.62.